The maximum absolute atomic E-state index is 13.1. The van der Waals surface area contributed by atoms with Crippen molar-refractivity contribution in [2.45, 2.75) is 63.2 Å². The van der Waals surface area contributed by atoms with Gasteiger partial charge in [-0.25, -0.2) is 0 Å². The maximum Gasteiger partial charge on any atom is 0.262 e. The number of carbonyl (C=O) groups is 4. The number of nitrogens with zero attached hydrogens (tertiary/aromatic N) is 1. The highest BCUT2D eigenvalue weighted by molar-refractivity contribution is 6.24. The Kier molecular flexibility index (Phi) is 4.11. The number of hydrogen-bond acceptors (Lipinski definition) is 6. The van der Waals surface area contributed by atoms with E-state index in [4.69, 9.17) is 5.73 Å². The Morgan fingerprint density at radius 3 is 2.62 bits per heavy atom. The first-order valence-electron chi connectivity index (χ1n) is 10.2. The van der Waals surface area contributed by atoms with Crippen LogP contribution in [0.3, 0.4) is 0 Å². The number of nitrogens with two attached hydrogens (primary N) is 1. The molecule has 4 amide bonds. The highest BCUT2D eigenvalue weighted by atomic mass is 16.2. The quantitative estimate of drug-likeness (QED) is 0.635. The van der Waals surface area contributed by atoms with Gasteiger partial charge in [0.25, 0.3) is 11.8 Å². The largest absolute Gasteiger partial charge is 0.327 e. The number of rotatable bonds is 4. The van der Waals surface area contributed by atoms with E-state index in [9.17, 15) is 19.2 Å². The van der Waals surface area contributed by atoms with E-state index in [-0.39, 0.29) is 30.2 Å². The fourth-order valence-electron chi connectivity index (χ4n) is 5.38. The molecule has 29 heavy (non-hydrogen) atoms. The number of benzene rings is 1. The first kappa shape index (κ1) is 18.4. The van der Waals surface area contributed by atoms with Gasteiger partial charge in [0, 0.05) is 30.5 Å². The highest BCUT2D eigenvalue weighted by Gasteiger charge is 2.56. The summed E-state index contributed by atoms with van der Waals surface area (Å²) in [6.45, 7) is 0.477. The summed E-state index contributed by atoms with van der Waals surface area (Å²) >= 11 is 0. The van der Waals surface area contributed by atoms with Crippen LogP contribution < -0.4 is 16.4 Å². The predicted octanol–water partition coefficient (Wildman–Crippen LogP) is 0.447. The fraction of sp³-hybridized carbons (Fsp3) is 0.524. The van der Waals surface area contributed by atoms with Gasteiger partial charge < -0.3 is 11.1 Å². The average Bonchev–Trinajstić information content (AvgIpc) is 2.89. The van der Waals surface area contributed by atoms with Crippen LogP contribution in [0.5, 0.6) is 0 Å². The van der Waals surface area contributed by atoms with Crippen LogP contribution in [0, 0.1) is 5.41 Å². The molecule has 1 aromatic rings. The van der Waals surface area contributed by atoms with Gasteiger partial charge in [0.15, 0.2) is 0 Å². The Balaban J connectivity index is 1.36. The van der Waals surface area contributed by atoms with Crippen molar-refractivity contribution in [3.63, 3.8) is 0 Å². The van der Waals surface area contributed by atoms with Crippen molar-refractivity contribution in [2.75, 3.05) is 0 Å². The molecule has 8 nitrogen and oxygen atoms in total. The third-order valence-electron chi connectivity index (χ3n) is 7.30. The van der Waals surface area contributed by atoms with E-state index < -0.39 is 23.8 Å². The highest BCUT2D eigenvalue weighted by Crippen LogP contribution is 2.55. The van der Waals surface area contributed by atoms with Crippen molar-refractivity contribution >= 4 is 23.6 Å². The first-order chi connectivity index (χ1) is 13.9. The second-order valence-electron chi connectivity index (χ2n) is 8.65. The van der Waals surface area contributed by atoms with Gasteiger partial charge in [-0.1, -0.05) is 18.6 Å². The molecule has 152 valence electrons. The molecule has 5 rings (SSSR count). The molecule has 8 heteroatoms. The summed E-state index contributed by atoms with van der Waals surface area (Å²) in [6, 6.07) is 4.86. The number of nitrogens with one attached hydrogen (secondary N) is 2. The molecule has 2 aliphatic heterocycles. The average molecular weight is 396 g/mol. The van der Waals surface area contributed by atoms with Gasteiger partial charge >= 0.3 is 0 Å². The van der Waals surface area contributed by atoms with Gasteiger partial charge in [0.05, 0.1) is 11.1 Å². The van der Waals surface area contributed by atoms with Crippen molar-refractivity contribution in [3.8, 4) is 0 Å². The lowest BCUT2D eigenvalue weighted by Gasteiger charge is -2.60. The Labute approximate surface area is 168 Å². The molecule has 2 saturated carbocycles. The summed E-state index contributed by atoms with van der Waals surface area (Å²) in [5.74, 6) is -1.90. The summed E-state index contributed by atoms with van der Waals surface area (Å²) in [5.41, 5.74) is 7.85. The van der Waals surface area contributed by atoms with Crippen molar-refractivity contribution in [3.05, 3.63) is 34.9 Å². The van der Waals surface area contributed by atoms with Crippen molar-refractivity contribution in [1.82, 2.24) is 15.5 Å². The van der Waals surface area contributed by atoms with Crippen molar-refractivity contribution in [2.24, 2.45) is 11.1 Å². The van der Waals surface area contributed by atoms with Crippen LogP contribution in [0.15, 0.2) is 18.2 Å². The SMILES string of the molecule is NC1CC(NCc2cccc3c2C(=O)N(C2CCC(=O)NC2=O)C3=O)C12CCC2. The molecule has 0 aromatic heterocycles. The van der Waals surface area contributed by atoms with Gasteiger partial charge in [0.1, 0.15) is 6.04 Å². The van der Waals surface area contributed by atoms with Gasteiger partial charge in [-0.05, 0) is 37.3 Å². The number of fused-ring (bicyclic) bond motifs is 1. The molecule has 0 radical (unpaired) electrons. The number of hydrogen-bond donors (Lipinski definition) is 3. The monoisotopic (exact) mass is 396 g/mol. The van der Waals surface area contributed by atoms with E-state index in [0.717, 1.165) is 29.7 Å². The molecule has 3 atom stereocenters. The van der Waals surface area contributed by atoms with Crippen LogP contribution in [-0.4, -0.2) is 46.7 Å². The van der Waals surface area contributed by atoms with E-state index in [1.54, 1.807) is 12.1 Å². The number of amides is 4. The van der Waals surface area contributed by atoms with Gasteiger partial charge in [0.2, 0.25) is 11.8 Å². The summed E-state index contributed by atoms with van der Waals surface area (Å²) in [4.78, 5) is 50.7. The lowest BCUT2D eigenvalue weighted by molar-refractivity contribution is -0.136. The minimum Gasteiger partial charge on any atom is -0.327 e. The smallest absolute Gasteiger partial charge is 0.262 e. The zero-order chi connectivity index (χ0) is 20.3. The second-order valence-corrected chi connectivity index (χ2v) is 8.65. The normalized spacial score (nSPS) is 30.1. The zero-order valence-electron chi connectivity index (χ0n) is 16.1. The van der Waals surface area contributed by atoms with E-state index in [1.807, 2.05) is 6.07 Å². The van der Waals surface area contributed by atoms with Gasteiger partial charge in [-0.2, -0.15) is 0 Å². The fourth-order valence-corrected chi connectivity index (χ4v) is 5.38. The molecule has 3 fully saturated rings. The first-order valence-corrected chi connectivity index (χ1v) is 10.2. The van der Waals surface area contributed by atoms with Crippen LogP contribution in [0.4, 0.5) is 0 Å². The van der Waals surface area contributed by atoms with Gasteiger partial charge in [-0.3, -0.25) is 29.4 Å². The van der Waals surface area contributed by atoms with Crippen LogP contribution >= 0.6 is 0 Å². The lowest BCUT2D eigenvalue weighted by atomic mass is 9.50. The summed E-state index contributed by atoms with van der Waals surface area (Å²) in [7, 11) is 0. The summed E-state index contributed by atoms with van der Waals surface area (Å²) in [5, 5.41) is 5.77. The Bertz CT molecular complexity index is 939. The summed E-state index contributed by atoms with van der Waals surface area (Å²) < 4.78 is 0. The topological polar surface area (TPSA) is 122 Å². The molecule has 2 aliphatic carbocycles. The predicted molar refractivity (Wildman–Crippen MR) is 103 cm³/mol. The van der Waals surface area contributed by atoms with Gasteiger partial charge in [-0.15, -0.1) is 0 Å². The standard InChI is InChI=1S/C21H24N4O4/c22-14-9-15(21(14)7-2-8-21)23-10-11-3-1-4-12-17(11)20(29)25(19(12)28)13-5-6-16(26)24-18(13)27/h1,3-4,13-15,23H,2,5-10,22H2,(H,24,26,27). The molecule has 4 N–H and O–H groups in total. The summed E-state index contributed by atoms with van der Waals surface area (Å²) in [6.07, 6.45) is 4.68. The van der Waals surface area contributed by atoms with E-state index in [0.29, 0.717) is 23.7 Å². The van der Waals surface area contributed by atoms with Crippen molar-refractivity contribution < 1.29 is 19.2 Å². The molecule has 1 saturated heterocycles. The minimum absolute atomic E-state index is 0.113. The molecular formula is C21H24N4O4. The van der Waals surface area contributed by atoms with E-state index >= 15 is 0 Å². The van der Waals surface area contributed by atoms with Crippen molar-refractivity contribution in [1.29, 1.82) is 0 Å². The molecule has 1 aromatic carbocycles. The lowest BCUT2D eigenvalue weighted by Crippen LogP contribution is -2.69. The van der Waals surface area contributed by atoms with E-state index in [1.165, 1.54) is 6.42 Å². The number of carbonyl (C=O) groups excluding carboxylic acids is 4. The second kappa shape index (κ2) is 6.47. The van der Waals surface area contributed by atoms with E-state index in [2.05, 4.69) is 10.6 Å². The van der Waals surface area contributed by atoms with Crippen LogP contribution in [-0.2, 0) is 16.1 Å². The Morgan fingerprint density at radius 1 is 1.17 bits per heavy atom. The molecular weight excluding hydrogens is 372 g/mol. The zero-order valence-corrected chi connectivity index (χ0v) is 16.1. The minimum atomic E-state index is -0.941. The number of piperidine rings is 1. The Hall–Kier alpha value is -2.58. The molecule has 2 heterocycles. The molecule has 0 bridgehead atoms. The molecule has 1 spiro atoms. The maximum atomic E-state index is 13.1. The third-order valence-corrected chi connectivity index (χ3v) is 7.30. The van der Waals surface area contributed by atoms with Crippen LogP contribution in [0.1, 0.15) is 64.8 Å². The van der Waals surface area contributed by atoms with Crippen LogP contribution in [0.25, 0.3) is 0 Å². The Morgan fingerprint density at radius 2 is 1.97 bits per heavy atom. The third kappa shape index (κ3) is 2.59. The molecule has 3 unspecified atom stereocenters. The molecule has 4 aliphatic rings. The number of imide groups is 2. The van der Waals surface area contributed by atoms with Crippen LogP contribution in [0.2, 0.25) is 0 Å².